The van der Waals surface area contributed by atoms with E-state index in [1.807, 2.05) is 13.8 Å². The maximum Gasteiger partial charge on any atom is 0.261 e. The van der Waals surface area contributed by atoms with Crippen molar-refractivity contribution in [3.05, 3.63) is 89.2 Å². The maximum atomic E-state index is 12.7. The van der Waals surface area contributed by atoms with Crippen LogP contribution in [-0.4, -0.2) is 40.1 Å². The number of pyridine rings is 1. The third-order valence-electron chi connectivity index (χ3n) is 5.10. The molecular formula is C25H22N4O4. The van der Waals surface area contributed by atoms with Gasteiger partial charge in [-0.1, -0.05) is 13.8 Å². The van der Waals surface area contributed by atoms with Crippen molar-refractivity contribution in [2.75, 3.05) is 17.2 Å². The molecule has 166 valence electrons. The minimum atomic E-state index is -0.410. The van der Waals surface area contributed by atoms with Crippen LogP contribution in [0.1, 0.15) is 55.3 Å². The molecule has 0 bridgehead atoms. The van der Waals surface area contributed by atoms with Crippen LogP contribution in [0.5, 0.6) is 0 Å². The summed E-state index contributed by atoms with van der Waals surface area (Å²) in [6.45, 7) is 4.19. The van der Waals surface area contributed by atoms with Gasteiger partial charge >= 0.3 is 0 Å². The van der Waals surface area contributed by atoms with Crippen LogP contribution in [0.25, 0.3) is 0 Å². The van der Waals surface area contributed by atoms with Gasteiger partial charge in [-0.3, -0.25) is 29.1 Å². The molecule has 0 radical (unpaired) electrons. The van der Waals surface area contributed by atoms with Gasteiger partial charge in [0.25, 0.3) is 23.6 Å². The quantitative estimate of drug-likeness (QED) is 0.564. The Bertz CT molecular complexity index is 1240. The second-order valence-electron chi connectivity index (χ2n) is 8.10. The molecule has 4 rings (SSSR count). The maximum absolute atomic E-state index is 12.7. The summed E-state index contributed by atoms with van der Waals surface area (Å²) in [5, 5.41) is 5.52. The molecule has 2 N–H and O–H groups in total. The van der Waals surface area contributed by atoms with E-state index in [2.05, 4.69) is 15.6 Å². The van der Waals surface area contributed by atoms with Crippen LogP contribution < -0.4 is 10.6 Å². The molecule has 1 aromatic heterocycles. The monoisotopic (exact) mass is 442 g/mol. The summed E-state index contributed by atoms with van der Waals surface area (Å²) in [4.78, 5) is 55.2. The van der Waals surface area contributed by atoms with Crippen LogP contribution in [0.2, 0.25) is 0 Å². The Morgan fingerprint density at radius 3 is 2.03 bits per heavy atom. The van der Waals surface area contributed by atoms with E-state index < -0.39 is 5.91 Å². The van der Waals surface area contributed by atoms with E-state index in [1.54, 1.807) is 42.6 Å². The average molecular weight is 442 g/mol. The lowest BCUT2D eigenvalue weighted by Gasteiger charge is -2.15. The lowest BCUT2D eigenvalue weighted by molar-refractivity contribution is 0.0635. The number of amides is 4. The van der Waals surface area contributed by atoms with Crippen molar-refractivity contribution in [2.24, 2.45) is 5.92 Å². The van der Waals surface area contributed by atoms with Crippen LogP contribution in [0.4, 0.5) is 11.4 Å². The summed E-state index contributed by atoms with van der Waals surface area (Å²) in [7, 11) is 0. The van der Waals surface area contributed by atoms with Crippen LogP contribution in [0.3, 0.4) is 0 Å². The number of carbonyl (C=O) groups is 4. The molecule has 0 fully saturated rings. The highest BCUT2D eigenvalue weighted by Gasteiger charge is 2.36. The van der Waals surface area contributed by atoms with Crippen molar-refractivity contribution in [3.63, 3.8) is 0 Å². The first-order valence-electron chi connectivity index (χ1n) is 10.5. The summed E-state index contributed by atoms with van der Waals surface area (Å²) < 4.78 is 0. The zero-order chi connectivity index (χ0) is 23.5. The minimum absolute atomic E-state index is 0.145. The lowest BCUT2D eigenvalue weighted by atomic mass is 10.1. The largest absolute Gasteiger partial charge is 0.322 e. The van der Waals surface area contributed by atoms with Crippen LogP contribution in [-0.2, 0) is 0 Å². The van der Waals surface area contributed by atoms with Gasteiger partial charge in [0, 0.05) is 35.9 Å². The van der Waals surface area contributed by atoms with Crippen molar-refractivity contribution in [1.29, 1.82) is 0 Å². The molecule has 1 aliphatic rings. The summed E-state index contributed by atoms with van der Waals surface area (Å²) in [5.41, 5.74) is 2.34. The number of carbonyl (C=O) groups excluding carboxylic acids is 4. The van der Waals surface area contributed by atoms with Gasteiger partial charge in [-0.25, -0.2) is 0 Å². The molecule has 3 aromatic rings. The molecule has 8 heteroatoms. The average Bonchev–Trinajstić information content (AvgIpc) is 3.05. The number of hydrogen-bond acceptors (Lipinski definition) is 5. The number of rotatable bonds is 6. The number of nitrogens with zero attached hydrogens (tertiary/aromatic N) is 2. The first-order valence-corrected chi connectivity index (χ1v) is 10.5. The molecule has 2 heterocycles. The Hall–Kier alpha value is -4.33. The van der Waals surface area contributed by atoms with Crippen molar-refractivity contribution in [2.45, 2.75) is 13.8 Å². The fourth-order valence-electron chi connectivity index (χ4n) is 3.50. The Morgan fingerprint density at radius 1 is 0.848 bits per heavy atom. The molecule has 0 atom stereocenters. The molecule has 0 unspecified atom stereocenters. The number of fused-ring (bicyclic) bond motifs is 1. The highest BCUT2D eigenvalue weighted by Crippen LogP contribution is 2.25. The molecule has 0 aliphatic carbocycles. The molecule has 0 saturated heterocycles. The van der Waals surface area contributed by atoms with Gasteiger partial charge in [0.2, 0.25) is 0 Å². The van der Waals surface area contributed by atoms with Crippen molar-refractivity contribution < 1.29 is 19.2 Å². The first-order chi connectivity index (χ1) is 15.8. The van der Waals surface area contributed by atoms with Gasteiger partial charge in [0.05, 0.1) is 16.7 Å². The topological polar surface area (TPSA) is 108 Å². The van der Waals surface area contributed by atoms with Gasteiger partial charge in [0.1, 0.15) is 0 Å². The number of aromatic nitrogens is 1. The van der Waals surface area contributed by atoms with Crippen molar-refractivity contribution in [3.8, 4) is 0 Å². The van der Waals surface area contributed by atoms with Gasteiger partial charge < -0.3 is 10.6 Å². The molecule has 1 aliphatic heterocycles. The van der Waals surface area contributed by atoms with E-state index in [0.29, 0.717) is 29.0 Å². The van der Waals surface area contributed by atoms with Crippen LogP contribution >= 0.6 is 0 Å². The molecular weight excluding hydrogens is 420 g/mol. The van der Waals surface area contributed by atoms with Crippen LogP contribution in [0.15, 0.2) is 67.0 Å². The second kappa shape index (κ2) is 9.04. The first kappa shape index (κ1) is 21.9. The SMILES string of the molecule is CC(C)CN1C(=O)c2ccc(C(=O)Nc3ccc(NC(=O)c4cccnc4)cc3)cc2C1=O. The number of imide groups is 1. The molecule has 4 amide bonds. The normalized spacial score (nSPS) is 12.6. The predicted octanol–water partition coefficient (Wildman–Crippen LogP) is 3.84. The van der Waals surface area contributed by atoms with E-state index in [9.17, 15) is 19.2 Å². The summed E-state index contributed by atoms with van der Waals surface area (Å²) in [5.74, 6) is -1.27. The molecule has 33 heavy (non-hydrogen) atoms. The van der Waals surface area contributed by atoms with E-state index >= 15 is 0 Å². The smallest absolute Gasteiger partial charge is 0.261 e. The summed E-state index contributed by atoms with van der Waals surface area (Å²) >= 11 is 0. The fraction of sp³-hybridized carbons (Fsp3) is 0.160. The third kappa shape index (κ3) is 4.64. The Labute approximate surface area is 190 Å². The molecule has 2 aromatic carbocycles. The molecule has 8 nitrogen and oxygen atoms in total. The highest BCUT2D eigenvalue weighted by atomic mass is 16.2. The standard InChI is InChI=1S/C25H22N4O4/c1-15(2)14-29-24(32)20-10-5-16(12-21(20)25(29)33)22(30)27-18-6-8-19(9-7-18)28-23(31)17-4-3-11-26-13-17/h3-13,15H,14H2,1-2H3,(H,27,30)(H,28,31). The highest BCUT2D eigenvalue weighted by molar-refractivity contribution is 6.22. The number of benzene rings is 2. The molecule has 0 saturated carbocycles. The van der Waals surface area contributed by atoms with Gasteiger partial charge in [0.15, 0.2) is 0 Å². The Kier molecular flexibility index (Phi) is 5.99. The van der Waals surface area contributed by atoms with E-state index in [-0.39, 0.29) is 34.8 Å². The van der Waals surface area contributed by atoms with Gasteiger partial charge in [-0.15, -0.1) is 0 Å². The Morgan fingerprint density at radius 2 is 1.45 bits per heavy atom. The summed E-state index contributed by atoms with van der Waals surface area (Å²) in [6.07, 6.45) is 3.06. The van der Waals surface area contributed by atoms with Crippen molar-refractivity contribution in [1.82, 2.24) is 9.88 Å². The fourth-order valence-corrected chi connectivity index (χ4v) is 3.50. The van der Waals surface area contributed by atoms with Crippen LogP contribution in [0, 0.1) is 5.92 Å². The summed E-state index contributed by atoms with van der Waals surface area (Å²) in [6, 6.07) is 14.5. The van der Waals surface area contributed by atoms with E-state index in [4.69, 9.17) is 0 Å². The molecule has 0 spiro atoms. The van der Waals surface area contributed by atoms with Gasteiger partial charge in [-0.05, 0) is 60.5 Å². The zero-order valence-corrected chi connectivity index (χ0v) is 18.2. The third-order valence-corrected chi connectivity index (χ3v) is 5.10. The number of nitrogens with one attached hydrogen (secondary N) is 2. The van der Waals surface area contributed by atoms with Gasteiger partial charge in [-0.2, -0.15) is 0 Å². The second-order valence-corrected chi connectivity index (χ2v) is 8.10. The number of hydrogen-bond donors (Lipinski definition) is 2. The van der Waals surface area contributed by atoms with E-state index in [0.717, 1.165) is 0 Å². The zero-order valence-electron chi connectivity index (χ0n) is 18.2. The predicted molar refractivity (Wildman–Crippen MR) is 123 cm³/mol. The minimum Gasteiger partial charge on any atom is -0.322 e. The Balaban J connectivity index is 1.43. The number of anilines is 2. The van der Waals surface area contributed by atoms with Crippen molar-refractivity contribution >= 4 is 35.0 Å². The lowest BCUT2D eigenvalue weighted by Crippen LogP contribution is -2.33. The van der Waals surface area contributed by atoms with E-state index in [1.165, 1.54) is 29.3 Å².